The lowest BCUT2D eigenvalue weighted by atomic mass is 10.1. The van der Waals surface area contributed by atoms with E-state index in [2.05, 4.69) is 36.9 Å². The minimum absolute atomic E-state index is 0.108. The van der Waals surface area contributed by atoms with Gasteiger partial charge in [-0.15, -0.1) is 0 Å². The summed E-state index contributed by atoms with van der Waals surface area (Å²) >= 11 is 20.2. The van der Waals surface area contributed by atoms with Gasteiger partial charge in [-0.1, -0.05) is 48.0 Å². The first-order valence-corrected chi connectivity index (χ1v) is 13.5. The number of benzene rings is 2. The Morgan fingerprint density at radius 2 is 1.83 bits per heavy atom. The molecule has 0 saturated carbocycles. The summed E-state index contributed by atoms with van der Waals surface area (Å²) in [6.07, 6.45) is 1.84. The minimum Gasteiger partial charge on any atom is -0.506 e. The predicted molar refractivity (Wildman–Crippen MR) is 147 cm³/mol. The maximum Gasteiger partial charge on any atom is 0.344 e. The van der Waals surface area contributed by atoms with Gasteiger partial charge >= 0.3 is 5.97 Å². The molecule has 2 aromatic rings. The Balaban J connectivity index is 1.90. The molecule has 3 rings (SSSR count). The molecule has 184 valence electrons. The molecule has 6 nitrogen and oxygen atoms in total. The zero-order valence-electron chi connectivity index (χ0n) is 18.5. The summed E-state index contributed by atoms with van der Waals surface area (Å²) in [4.78, 5) is 28.6. The van der Waals surface area contributed by atoms with Gasteiger partial charge in [0.1, 0.15) is 28.7 Å². The fourth-order valence-corrected chi connectivity index (χ4v) is 5.87. The maximum atomic E-state index is 12.4. The van der Waals surface area contributed by atoms with Crippen LogP contribution in [-0.2, 0) is 20.9 Å². The molecule has 0 atom stereocenters. The Bertz CT molecular complexity index is 1250. The van der Waals surface area contributed by atoms with Crippen LogP contribution in [0.4, 0.5) is 0 Å². The van der Waals surface area contributed by atoms with Crippen molar-refractivity contribution in [2.24, 2.45) is 4.99 Å². The van der Waals surface area contributed by atoms with Crippen molar-refractivity contribution in [1.29, 1.82) is 0 Å². The minimum atomic E-state index is -0.740. The molecule has 0 spiro atoms. The summed E-state index contributed by atoms with van der Waals surface area (Å²) in [6.45, 7) is 3.66. The lowest BCUT2D eigenvalue weighted by Gasteiger charge is -2.12. The van der Waals surface area contributed by atoms with Crippen LogP contribution in [0.2, 0.25) is 10.0 Å². The number of nitrogens with zero attached hydrogens (tertiary/aromatic N) is 1. The largest absolute Gasteiger partial charge is 0.506 e. The molecule has 1 aliphatic rings. The number of carbonyl (C=O) groups is 2. The highest BCUT2D eigenvalue weighted by Gasteiger charge is 2.33. The van der Waals surface area contributed by atoms with E-state index in [4.69, 9.17) is 32.7 Å². The molecule has 0 fully saturated rings. The van der Waals surface area contributed by atoms with Gasteiger partial charge in [-0.05, 0) is 74.7 Å². The molecule has 0 aliphatic carbocycles. The van der Waals surface area contributed by atoms with Crippen LogP contribution in [0.25, 0.3) is 6.08 Å². The molecular formula is C24H19Br2Cl2NO5S. The fraction of sp³-hybridized carbons (Fsp3) is 0.208. The number of aliphatic hydroxyl groups excluding tert-OH is 1. The Kier molecular flexibility index (Phi) is 9.89. The van der Waals surface area contributed by atoms with E-state index < -0.39 is 11.9 Å². The van der Waals surface area contributed by atoms with Crippen LogP contribution in [0.15, 0.2) is 60.5 Å². The smallest absolute Gasteiger partial charge is 0.344 e. The standard InChI is InChI=1S/C24H19Br2Cl2NO5S/c1-3-19(30)29-23-20(24(32)33-4-2)21(31)18(35-23)9-12-7-15(25)22(16(26)8-12)34-11-13-5-6-14(27)10-17(13)28/h5-10,31H,3-4,11H2,1-2H3/b18-9-,29-23?. The lowest BCUT2D eigenvalue weighted by Crippen LogP contribution is -2.14. The van der Waals surface area contributed by atoms with Crippen LogP contribution in [0.3, 0.4) is 0 Å². The average Bonchev–Trinajstić information content (AvgIpc) is 3.08. The van der Waals surface area contributed by atoms with Crippen molar-refractivity contribution in [2.75, 3.05) is 6.61 Å². The number of rotatable bonds is 7. The number of aliphatic imine (C=N–C) groups is 1. The van der Waals surface area contributed by atoms with E-state index in [1.807, 2.05) is 0 Å². The van der Waals surface area contributed by atoms with E-state index in [0.29, 0.717) is 35.2 Å². The van der Waals surface area contributed by atoms with Crippen LogP contribution in [0.1, 0.15) is 31.4 Å². The van der Waals surface area contributed by atoms with Gasteiger partial charge in [0, 0.05) is 22.0 Å². The van der Waals surface area contributed by atoms with Crippen LogP contribution in [0, 0.1) is 0 Å². The Morgan fingerprint density at radius 1 is 1.14 bits per heavy atom. The number of ether oxygens (including phenoxy) is 2. The zero-order valence-corrected chi connectivity index (χ0v) is 24.0. The summed E-state index contributed by atoms with van der Waals surface area (Å²) in [5, 5.41) is 11.9. The van der Waals surface area contributed by atoms with Crippen molar-refractivity contribution < 1.29 is 24.2 Å². The van der Waals surface area contributed by atoms with Gasteiger partial charge in [0.2, 0.25) is 5.91 Å². The SMILES string of the molecule is CCOC(=O)C1=C(O)/C(=C/c2cc(Br)c(OCc3ccc(Cl)cc3Cl)c(Br)c2)SC1=NC(=O)CC. The van der Waals surface area contributed by atoms with E-state index in [9.17, 15) is 14.7 Å². The fourth-order valence-electron chi connectivity index (χ4n) is 2.92. The number of esters is 1. The lowest BCUT2D eigenvalue weighted by molar-refractivity contribution is -0.138. The van der Waals surface area contributed by atoms with E-state index in [-0.39, 0.29) is 36.0 Å². The molecule has 0 bridgehead atoms. The topological polar surface area (TPSA) is 85.2 Å². The predicted octanol–water partition coefficient (Wildman–Crippen LogP) is 7.90. The summed E-state index contributed by atoms with van der Waals surface area (Å²) in [5.74, 6) is -0.882. The van der Waals surface area contributed by atoms with E-state index in [1.54, 1.807) is 50.3 Å². The van der Waals surface area contributed by atoms with Crippen molar-refractivity contribution in [3.63, 3.8) is 0 Å². The third-order valence-corrected chi connectivity index (χ3v) is 7.39. The second-order valence-corrected chi connectivity index (χ2v) is 10.6. The number of aliphatic hydroxyl groups is 1. The van der Waals surface area contributed by atoms with Crippen molar-refractivity contribution in [3.05, 3.63) is 76.7 Å². The summed E-state index contributed by atoms with van der Waals surface area (Å²) in [7, 11) is 0. The molecule has 2 aromatic carbocycles. The molecule has 0 unspecified atom stereocenters. The number of amides is 1. The number of thioether (sulfide) groups is 1. The van der Waals surface area contributed by atoms with Crippen LogP contribution >= 0.6 is 66.8 Å². The Labute approximate surface area is 233 Å². The first-order chi connectivity index (χ1) is 16.6. The summed E-state index contributed by atoms with van der Waals surface area (Å²) < 4.78 is 12.3. The highest BCUT2D eigenvalue weighted by molar-refractivity contribution is 9.11. The van der Waals surface area contributed by atoms with Gasteiger partial charge in [-0.25, -0.2) is 9.79 Å². The molecular weight excluding hydrogens is 645 g/mol. The highest BCUT2D eigenvalue weighted by Crippen LogP contribution is 2.41. The van der Waals surface area contributed by atoms with Gasteiger partial charge < -0.3 is 14.6 Å². The zero-order chi connectivity index (χ0) is 25.7. The molecule has 1 aliphatic heterocycles. The summed E-state index contributed by atoms with van der Waals surface area (Å²) in [6, 6.07) is 8.76. The van der Waals surface area contributed by atoms with Crippen molar-refractivity contribution in [1.82, 2.24) is 0 Å². The molecule has 1 amide bonds. The van der Waals surface area contributed by atoms with Crippen molar-refractivity contribution >= 4 is 89.8 Å². The van der Waals surface area contributed by atoms with Gasteiger partial charge in [0.05, 0.1) is 20.5 Å². The second kappa shape index (κ2) is 12.5. The molecule has 0 aromatic heterocycles. The molecule has 35 heavy (non-hydrogen) atoms. The first kappa shape index (κ1) is 27.8. The normalized spacial score (nSPS) is 15.7. The molecule has 0 radical (unpaired) electrons. The van der Waals surface area contributed by atoms with Gasteiger partial charge in [-0.3, -0.25) is 4.79 Å². The third kappa shape index (κ3) is 6.92. The quantitative estimate of drug-likeness (QED) is 0.303. The van der Waals surface area contributed by atoms with Crippen LogP contribution in [-0.4, -0.2) is 28.6 Å². The van der Waals surface area contributed by atoms with Crippen LogP contribution in [0.5, 0.6) is 5.75 Å². The second-order valence-electron chi connectivity index (χ2n) is 7.06. The maximum absolute atomic E-state index is 12.4. The van der Waals surface area contributed by atoms with Gasteiger partial charge in [0.15, 0.2) is 0 Å². The number of hydrogen-bond acceptors (Lipinski definition) is 6. The third-order valence-electron chi connectivity index (χ3n) is 4.60. The van der Waals surface area contributed by atoms with E-state index in [1.165, 1.54) is 0 Å². The number of halogens is 4. The molecule has 1 heterocycles. The molecule has 11 heteroatoms. The number of hydrogen-bond donors (Lipinski definition) is 1. The first-order valence-electron chi connectivity index (χ1n) is 10.3. The monoisotopic (exact) mass is 661 g/mol. The molecule has 0 saturated heterocycles. The van der Waals surface area contributed by atoms with Crippen LogP contribution < -0.4 is 4.74 Å². The van der Waals surface area contributed by atoms with Gasteiger partial charge in [-0.2, -0.15) is 0 Å². The summed E-state index contributed by atoms with van der Waals surface area (Å²) in [5.41, 5.74) is 1.35. The molecule has 1 N–H and O–H groups in total. The van der Waals surface area contributed by atoms with Crippen molar-refractivity contribution in [2.45, 2.75) is 26.9 Å². The average molecular weight is 664 g/mol. The van der Waals surface area contributed by atoms with E-state index in [0.717, 1.165) is 17.3 Å². The number of carbonyl (C=O) groups excluding carboxylic acids is 2. The van der Waals surface area contributed by atoms with Gasteiger partial charge in [0.25, 0.3) is 0 Å². The van der Waals surface area contributed by atoms with E-state index >= 15 is 0 Å². The Morgan fingerprint density at radius 3 is 2.43 bits per heavy atom. The highest BCUT2D eigenvalue weighted by atomic mass is 79.9. The van der Waals surface area contributed by atoms with Crippen molar-refractivity contribution in [3.8, 4) is 5.75 Å². The Hall–Kier alpha value is -1.78.